The fourth-order valence-electron chi connectivity index (χ4n) is 13.1. The topological polar surface area (TPSA) is 55.8 Å². The number of piperazine rings is 1. The molecule has 0 radical (unpaired) electrons. The lowest BCUT2D eigenvalue weighted by atomic mass is 9.33. The summed E-state index contributed by atoms with van der Waals surface area (Å²) in [6, 6.07) is 4.54. The molecule has 0 aromatic heterocycles. The first-order valence-corrected chi connectivity index (χ1v) is 20.0. The van der Waals surface area contributed by atoms with Crippen LogP contribution >= 0.6 is 23.8 Å². The van der Waals surface area contributed by atoms with Crippen molar-refractivity contribution in [3.8, 4) is 0 Å². The van der Waals surface area contributed by atoms with Crippen LogP contribution in [-0.4, -0.2) is 58.2 Å². The number of hydrogen-bond donors (Lipinski definition) is 2. The van der Waals surface area contributed by atoms with Crippen LogP contribution in [0.15, 0.2) is 29.8 Å². The number of carbonyl (C=O) groups excluding carboxylic acids is 1. The van der Waals surface area contributed by atoms with Crippen molar-refractivity contribution in [2.24, 2.45) is 56.7 Å². The van der Waals surface area contributed by atoms with Gasteiger partial charge in [0.1, 0.15) is 5.82 Å². The smallest absolute Gasteiger partial charge is 0.229 e. The Bertz CT molecular complexity index is 1540. The van der Waals surface area contributed by atoms with Crippen molar-refractivity contribution in [3.63, 3.8) is 0 Å². The van der Waals surface area contributed by atoms with E-state index in [1.54, 1.807) is 17.7 Å². The predicted octanol–water partition coefficient (Wildman–Crippen LogP) is 9.34. The average molecular weight is 712 g/mol. The van der Waals surface area contributed by atoms with Crippen molar-refractivity contribution in [2.45, 2.75) is 112 Å². The summed E-state index contributed by atoms with van der Waals surface area (Å²) in [4.78, 5) is 19.3. The summed E-state index contributed by atoms with van der Waals surface area (Å²) in [5, 5.41) is 15.0. The Kier molecular flexibility index (Phi) is 8.88. The number of nitrogens with one attached hydrogen (secondary N) is 1. The summed E-state index contributed by atoms with van der Waals surface area (Å²) in [5.74, 6) is 2.37. The van der Waals surface area contributed by atoms with Crippen LogP contribution in [0.3, 0.4) is 0 Å². The Labute approximate surface area is 304 Å². The van der Waals surface area contributed by atoms with Gasteiger partial charge in [-0.2, -0.15) is 0 Å². The molecule has 8 heteroatoms. The van der Waals surface area contributed by atoms with Crippen molar-refractivity contribution in [3.05, 3.63) is 40.7 Å². The Morgan fingerprint density at radius 2 is 1.63 bits per heavy atom. The van der Waals surface area contributed by atoms with Crippen LogP contribution in [0.1, 0.15) is 106 Å². The minimum Gasteiger partial charge on any atom is -0.393 e. The van der Waals surface area contributed by atoms with E-state index in [0.29, 0.717) is 66.6 Å². The van der Waals surface area contributed by atoms with Crippen LogP contribution in [-0.2, 0) is 4.79 Å². The molecule has 49 heavy (non-hydrogen) atoms. The van der Waals surface area contributed by atoms with E-state index in [1.807, 2.05) is 0 Å². The standard InChI is InChI=1S/C41H59ClFN3O2S/c1-25-12-17-41(35(48)45-20-22-46(23-21-45)36(49)44-27-8-10-30(43)29(42)24-27)19-18-39(6)28(34(41)26(25)2)9-11-32-38(5)15-14-33(47)37(3,4)31(38)13-16-40(32,39)7/h8-10,24-26,31-34,47H,11-23H2,1-7H3,(H,44,49)/t25-,26+,31+,32-,33+,34+,38+,39-,40-,41+/m1/s1. The first kappa shape index (κ1) is 35.7. The largest absolute Gasteiger partial charge is 0.393 e. The van der Waals surface area contributed by atoms with E-state index in [9.17, 15) is 9.50 Å². The van der Waals surface area contributed by atoms with E-state index in [2.05, 4.69) is 69.7 Å². The molecular formula is C41H59ClFN3O2S. The zero-order chi connectivity index (χ0) is 35.3. The molecule has 1 saturated heterocycles. The summed E-state index contributed by atoms with van der Waals surface area (Å²) in [6.45, 7) is 20.0. The minimum absolute atomic E-state index is 0.0564. The molecule has 1 aromatic rings. The Balaban J connectivity index is 1.14. The molecule has 5 nitrogen and oxygen atoms in total. The summed E-state index contributed by atoms with van der Waals surface area (Å²) in [5.41, 5.74) is 2.35. The van der Waals surface area contributed by atoms with Crippen LogP contribution in [0.2, 0.25) is 5.02 Å². The fourth-order valence-corrected chi connectivity index (χ4v) is 13.5. The van der Waals surface area contributed by atoms with Crippen molar-refractivity contribution < 1.29 is 14.3 Å². The molecule has 7 rings (SSSR count). The van der Waals surface area contributed by atoms with Crippen molar-refractivity contribution in [1.82, 2.24) is 9.80 Å². The number of fused-ring (bicyclic) bond motifs is 7. The van der Waals surface area contributed by atoms with Crippen molar-refractivity contribution >= 4 is 40.5 Å². The lowest BCUT2D eigenvalue weighted by Crippen LogP contribution is -2.66. The zero-order valence-electron chi connectivity index (χ0n) is 30.9. The van der Waals surface area contributed by atoms with Gasteiger partial charge in [0.05, 0.1) is 16.5 Å². The number of thiocarbonyl (C=S) groups is 1. The van der Waals surface area contributed by atoms with Crippen LogP contribution in [0.25, 0.3) is 0 Å². The maximum Gasteiger partial charge on any atom is 0.229 e. The van der Waals surface area contributed by atoms with Gasteiger partial charge in [-0.25, -0.2) is 4.39 Å². The van der Waals surface area contributed by atoms with Gasteiger partial charge in [0, 0.05) is 31.9 Å². The fraction of sp³-hybridized carbons (Fsp3) is 0.756. The second-order valence-corrected chi connectivity index (χ2v) is 19.3. The molecule has 1 aromatic carbocycles. The molecule has 6 aliphatic rings. The molecule has 0 spiro atoms. The lowest BCUT2D eigenvalue weighted by molar-refractivity contribution is -0.205. The second kappa shape index (κ2) is 12.2. The first-order chi connectivity index (χ1) is 23.0. The van der Waals surface area contributed by atoms with Gasteiger partial charge in [0.25, 0.3) is 0 Å². The number of rotatable bonds is 2. The number of carbonyl (C=O) groups is 1. The van der Waals surface area contributed by atoms with E-state index >= 15 is 4.79 Å². The normalized spacial score (nSPS) is 42.9. The zero-order valence-corrected chi connectivity index (χ0v) is 32.5. The van der Waals surface area contributed by atoms with Gasteiger partial charge < -0.3 is 20.2 Å². The second-order valence-electron chi connectivity index (χ2n) is 18.5. The van der Waals surface area contributed by atoms with Crippen molar-refractivity contribution in [2.75, 3.05) is 31.5 Å². The van der Waals surface area contributed by atoms with Crippen LogP contribution in [0.5, 0.6) is 0 Å². The Morgan fingerprint density at radius 3 is 2.33 bits per heavy atom. The number of amides is 1. The number of hydrogen-bond acceptors (Lipinski definition) is 3. The third-order valence-electron chi connectivity index (χ3n) is 16.4. The minimum atomic E-state index is -0.453. The van der Waals surface area contributed by atoms with Gasteiger partial charge in [-0.3, -0.25) is 4.79 Å². The number of benzene rings is 1. The maximum atomic E-state index is 15.0. The molecular weight excluding hydrogens is 653 g/mol. The average Bonchev–Trinajstić information content (AvgIpc) is 3.06. The number of aliphatic hydroxyl groups is 1. The molecule has 0 bridgehead atoms. The van der Waals surface area contributed by atoms with Gasteiger partial charge in [0.15, 0.2) is 5.11 Å². The highest BCUT2D eigenvalue weighted by Crippen LogP contribution is 2.75. The van der Waals surface area contributed by atoms with E-state index in [-0.39, 0.29) is 44.1 Å². The van der Waals surface area contributed by atoms with E-state index in [0.717, 1.165) is 44.9 Å². The van der Waals surface area contributed by atoms with Gasteiger partial charge in [0.2, 0.25) is 5.91 Å². The van der Waals surface area contributed by atoms with E-state index in [1.165, 1.54) is 18.9 Å². The molecule has 0 unspecified atom stereocenters. The summed E-state index contributed by atoms with van der Waals surface area (Å²) < 4.78 is 13.7. The van der Waals surface area contributed by atoms with Crippen LogP contribution in [0.4, 0.5) is 10.1 Å². The van der Waals surface area contributed by atoms with Crippen molar-refractivity contribution in [1.29, 1.82) is 0 Å². The monoisotopic (exact) mass is 711 g/mol. The SMILES string of the molecule is C[C@H]1[C@H](C)CC[C@]2(C(=O)N3CCN(C(=S)Nc4ccc(F)c(Cl)c4)CC3)CC[C@]3(C)C(=CC[C@@H]4[C@@]5(C)CC[C@H](O)C(C)(C)[C@@H]5CC[C@]43C)[C@H]12. The summed E-state index contributed by atoms with van der Waals surface area (Å²) in [6.07, 6.45) is 12.1. The maximum absolute atomic E-state index is 15.0. The van der Waals surface area contributed by atoms with Crippen LogP contribution < -0.4 is 5.32 Å². The molecule has 1 heterocycles. The Hall–Kier alpha value is -1.70. The molecule has 4 saturated carbocycles. The number of nitrogens with zero attached hydrogens (tertiary/aromatic N) is 2. The van der Waals surface area contributed by atoms with E-state index in [4.69, 9.17) is 23.8 Å². The van der Waals surface area contributed by atoms with Gasteiger partial charge >= 0.3 is 0 Å². The molecule has 2 N–H and O–H groups in total. The van der Waals surface area contributed by atoms with E-state index < -0.39 is 5.82 Å². The van der Waals surface area contributed by atoms with Gasteiger partial charge in [-0.05, 0) is 139 Å². The summed E-state index contributed by atoms with van der Waals surface area (Å²) in [7, 11) is 0. The number of halogens is 2. The predicted molar refractivity (Wildman–Crippen MR) is 201 cm³/mol. The highest BCUT2D eigenvalue weighted by Gasteiger charge is 2.69. The first-order valence-electron chi connectivity index (χ1n) is 19.2. The highest BCUT2D eigenvalue weighted by atomic mass is 35.5. The Morgan fingerprint density at radius 1 is 0.939 bits per heavy atom. The molecule has 10 atom stereocenters. The number of allylic oxidation sites excluding steroid dienone is 2. The third-order valence-corrected chi connectivity index (χ3v) is 17.1. The molecule has 5 aliphatic carbocycles. The highest BCUT2D eigenvalue weighted by molar-refractivity contribution is 7.80. The van der Waals surface area contributed by atoms with Gasteiger partial charge in [-0.15, -0.1) is 0 Å². The van der Waals surface area contributed by atoms with Crippen LogP contribution in [0, 0.1) is 62.5 Å². The number of aliphatic hydroxyl groups excluding tert-OH is 1. The molecule has 270 valence electrons. The number of anilines is 1. The molecule has 1 aliphatic heterocycles. The third kappa shape index (κ3) is 5.19. The van der Waals surface area contributed by atoms with Gasteiger partial charge in [-0.1, -0.05) is 71.7 Å². The summed E-state index contributed by atoms with van der Waals surface area (Å²) >= 11 is 11.7. The molecule has 1 amide bonds. The molecule has 5 fully saturated rings. The lowest BCUT2D eigenvalue weighted by Gasteiger charge is -2.71. The quantitative estimate of drug-likeness (QED) is 0.237.